The molecule has 0 spiro atoms. The van der Waals surface area contributed by atoms with E-state index in [0.717, 1.165) is 0 Å². The number of carbonyl (C=O) groups excluding carboxylic acids is 1. The van der Waals surface area contributed by atoms with Gasteiger partial charge in [0, 0.05) is 12.7 Å². The first-order chi connectivity index (χ1) is 7.82. The molecule has 1 rings (SSSR count). The molecule has 17 heavy (non-hydrogen) atoms. The van der Waals surface area contributed by atoms with Crippen LogP contribution < -0.4 is 11.1 Å². The quantitative estimate of drug-likeness (QED) is 0.842. The number of anilines is 1. The van der Waals surface area contributed by atoms with Crippen molar-refractivity contribution in [3.05, 3.63) is 24.0 Å². The molecule has 0 bridgehead atoms. The van der Waals surface area contributed by atoms with E-state index >= 15 is 0 Å². The lowest BCUT2D eigenvalue weighted by Crippen LogP contribution is -2.34. The summed E-state index contributed by atoms with van der Waals surface area (Å²) in [5.41, 5.74) is 6.77. The number of nitrogen functional groups attached to an aromatic ring is 1. The second-order valence-electron chi connectivity index (χ2n) is 5.44. The zero-order chi connectivity index (χ0) is 13.1. The third-order valence-electron chi connectivity index (χ3n) is 3.14. The zero-order valence-corrected chi connectivity index (χ0v) is 10.9. The molecule has 1 unspecified atom stereocenters. The van der Waals surface area contributed by atoms with Gasteiger partial charge in [0.05, 0.1) is 17.4 Å². The van der Waals surface area contributed by atoms with E-state index in [4.69, 9.17) is 5.73 Å². The summed E-state index contributed by atoms with van der Waals surface area (Å²) in [6.07, 6.45) is 3.06. The predicted octanol–water partition coefficient (Wildman–Crippen LogP) is 2.08. The summed E-state index contributed by atoms with van der Waals surface area (Å²) in [5.74, 6) is 0.260. The Labute approximate surface area is 103 Å². The number of hydrogen-bond donors (Lipinski definition) is 2. The number of hydrogen-bond acceptors (Lipinski definition) is 3. The Kier molecular flexibility index (Phi) is 4.10. The fraction of sp³-hybridized carbons (Fsp3) is 0.538. The SMILES string of the molecule is CC(CNC(=O)c1ccncc1N)C(C)(C)C. The molecule has 1 aromatic rings. The molecule has 0 saturated heterocycles. The van der Waals surface area contributed by atoms with Crippen LogP contribution in [0.25, 0.3) is 0 Å². The molecule has 0 aliphatic heterocycles. The average Bonchev–Trinajstić information content (AvgIpc) is 2.24. The van der Waals surface area contributed by atoms with Gasteiger partial charge < -0.3 is 11.1 Å². The Hall–Kier alpha value is -1.58. The molecular weight excluding hydrogens is 214 g/mol. The summed E-state index contributed by atoms with van der Waals surface area (Å²) >= 11 is 0. The van der Waals surface area contributed by atoms with Crippen molar-refractivity contribution >= 4 is 11.6 Å². The van der Waals surface area contributed by atoms with Crippen molar-refractivity contribution in [1.82, 2.24) is 10.3 Å². The maximum atomic E-state index is 11.9. The number of pyridine rings is 1. The minimum atomic E-state index is -0.138. The van der Waals surface area contributed by atoms with Crippen LogP contribution in [0.1, 0.15) is 38.1 Å². The lowest BCUT2D eigenvalue weighted by molar-refractivity contribution is 0.0938. The first kappa shape index (κ1) is 13.5. The normalized spacial score (nSPS) is 13.2. The van der Waals surface area contributed by atoms with Crippen molar-refractivity contribution < 1.29 is 4.79 Å². The number of aromatic nitrogens is 1. The minimum Gasteiger partial charge on any atom is -0.397 e. The lowest BCUT2D eigenvalue weighted by Gasteiger charge is -2.27. The van der Waals surface area contributed by atoms with Crippen LogP contribution in [-0.4, -0.2) is 17.4 Å². The lowest BCUT2D eigenvalue weighted by atomic mass is 9.82. The topological polar surface area (TPSA) is 68.0 Å². The molecular formula is C13H21N3O. The molecule has 1 aromatic heterocycles. The summed E-state index contributed by atoms with van der Waals surface area (Å²) in [6.45, 7) is 9.24. The second kappa shape index (κ2) is 5.17. The highest BCUT2D eigenvalue weighted by molar-refractivity contribution is 5.98. The smallest absolute Gasteiger partial charge is 0.253 e. The van der Waals surface area contributed by atoms with E-state index in [-0.39, 0.29) is 11.3 Å². The molecule has 94 valence electrons. The summed E-state index contributed by atoms with van der Waals surface area (Å²) in [6, 6.07) is 1.63. The molecule has 0 aromatic carbocycles. The summed E-state index contributed by atoms with van der Waals surface area (Å²) in [5, 5.41) is 2.90. The van der Waals surface area contributed by atoms with Crippen molar-refractivity contribution in [2.24, 2.45) is 11.3 Å². The van der Waals surface area contributed by atoms with E-state index < -0.39 is 0 Å². The maximum absolute atomic E-state index is 11.9. The van der Waals surface area contributed by atoms with E-state index in [2.05, 4.69) is 38.0 Å². The zero-order valence-electron chi connectivity index (χ0n) is 10.9. The number of nitrogens with one attached hydrogen (secondary N) is 1. The Morgan fingerprint density at radius 1 is 1.53 bits per heavy atom. The van der Waals surface area contributed by atoms with Crippen LogP contribution in [0.4, 0.5) is 5.69 Å². The van der Waals surface area contributed by atoms with Crippen molar-refractivity contribution in [2.45, 2.75) is 27.7 Å². The molecule has 1 amide bonds. The summed E-state index contributed by atoms with van der Waals surface area (Å²) < 4.78 is 0. The fourth-order valence-corrected chi connectivity index (χ4v) is 1.26. The van der Waals surface area contributed by atoms with Gasteiger partial charge in [-0.3, -0.25) is 9.78 Å². The molecule has 3 N–H and O–H groups in total. The predicted molar refractivity (Wildman–Crippen MR) is 69.6 cm³/mol. The first-order valence-electron chi connectivity index (χ1n) is 5.80. The molecule has 4 nitrogen and oxygen atoms in total. The van der Waals surface area contributed by atoms with Gasteiger partial charge in [-0.1, -0.05) is 27.7 Å². The van der Waals surface area contributed by atoms with Crippen LogP contribution in [0.3, 0.4) is 0 Å². The third-order valence-corrected chi connectivity index (χ3v) is 3.14. The van der Waals surface area contributed by atoms with Crippen LogP contribution in [-0.2, 0) is 0 Å². The van der Waals surface area contributed by atoms with Gasteiger partial charge in [0.1, 0.15) is 0 Å². The monoisotopic (exact) mass is 235 g/mol. The van der Waals surface area contributed by atoms with E-state index in [0.29, 0.717) is 23.7 Å². The molecule has 0 aliphatic carbocycles. The van der Waals surface area contributed by atoms with Crippen molar-refractivity contribution in [3.63, 3.8) is 0 Å². The van der Waals surface area contributed by atoms with Gasteiger partial charge in [-0.15, -0.1) is 0 Å². The van der Waals surface area contributed by atoms with Crippen LogP contribution >= 0.6 is 0 Å². The van der Waals surface area contributed by atoms with E-state index in [1.165, 1.54) is 6.20 Å². The largest absolute Gasteiger partial charge is 0.397 e. The van der Waals surface area contributed by atoms with Gasteiger partial charge in [0.15, 0.2) is 0 Å². The van der Waals surface area contributed by atoms with Gasteiger partial charge in [-0.25, -0.2) is 0 Å². The first-order valence-corrected chi connectivity index (χ1v) is 5.80. The summed E-state index contributed by atoms with van der Waals surface area (Å²) in [7, 11) is 0. The average molecular weight is 235 g/mol. The number of carbonyl (C=O) groups is 1. The van der Waals surface area contributed by atoms with Crippen LogP contribution in [0, 0.1) is 11.3 Å². The van der Waals surface area contributed by atoms with Gasteiger partial charge in [0.2, 0.25) is 0 Å². The fourth-order valence-electron chi connectivity index (χ4n) is 1.26. The highest BCUT2D eigenvalue weighted by atomic mass is 16.1. The van der Waals surface area contributed by atoms with Crippen LogP contribution in [0.15, 0.2) is 18.5 Å². The van der Waals surface area contributed by atoms with Crippen molar-refractivity contribution in [3.8, 4) is 0 Å². The number of nitrogens with two attached hydrogens (primary N) is 1. The highest BCUT2D eigenvalue weighted by Gasteiger charge is 2.20. The van der Waals surface area contributed by atoms with Gasteiger partial charge in [-0.2, -0.15) is 0 Å². The molecule has 1 heterocycles. The van der Waals surface area contributed by atoms with Crippen LogP contribution in [0.5, 0.6) is 0 Å². The number of rotatable bonds is 3. The summed E-state index contributed by atoms with van der Waals surface area (Å²) in [4.78, 5) is 15.7. The van der Waals surface area contributed by atoms with Crippen molar-refractivity contribution in [1.29, 1.82) is 0 Å². The minimum absolute atomic E-state index is 0.138. The molecule has 0 saturated carbocycles. The number of amides is 1. The Morgan fingerprint density at radius 2 is 2.18 bits per heavy atom. The molecule has 4 heteroatoms. The molecule has 0 radical (unpaired) electrons. The molecule has 0 aliphatic rings. The highest BCUT2D eigenvalue weighted by Crippen LogP contribution is 2.24. The van der Waals surface area contributed by atoms with Gasteiger partial charge >= 0.3 is 0 Å². The molecule has 0 fully saturated rings. The standard InChI is InChI=1S/C13H21N3O/c1-9(13(2,3)4)7-16-12(17)10-5-6-15-8-11(10)14/h5-6,8-9H,7,14H2,1-4H3,(H,16,17). The number of nitrogens with zero attached hydrogens (tertiary/aromatic N) is 1. The Balaban J connectivity index is 2.60. The maximum Gasteiger partial charge on any atom is 0.253 e. The van der Waals surface area contributed by atoms with Gasteiger partial charge in [-0.05, 0) is 17.4 Å². The Morgan fingerprint density at radius 3 is 2.71 bits per heavy atom. The molecule has 1 atom stereocenters. The van der Waals surface area contributed by atoms with E-state index in [1.807, 2.05) is 0 Å². The second-order valence-corrected chi connectivity index (χ2v) is 5.44. The van der Waals surface area contributed by atoms with E-state index in [9.17, 15) is 4.79 Å². The van der Waals surface area contributed by atoms with Crippen LogP contribution in [0.2, 0.25) is 0 Å². The Bertz CT molecular complexity index is 396. The van der Waals surface area contributed by atoms with Gasteiger partial charge in [0.25, 0.3) is 5.91 Å². The van der Waals surface area contributed by atoms with E-state index in [1.54, 1.807) is 12.3 Å². The third kappa shape index (κ3) is 3.73. The van der Waals surface area contributed by atoms with Crippen molar-refractivity contribution in [2.75, 3.05) is 12.3 Å².